The van der Waals surface area contributed by atoms with Crippen LogP contribution in [0.5, 0.6) is 0 Å². The summed E-state index contributed by atoms with van der Waals surface area (Å²) in [5, 5.41) is 8.25. The fourth-order valence-electron chi connectivity index (χ4n) is 7.29. The van der Waals surface area contributed by atoms with Gasteiger partial charge in [-0.15, -0.1) is 0 Å². The molecule has 0 saturated heterocycles. The van der Waals surface area contributed by atoms with E-state index in [1.165, 1.54) is 21.7 Å². The van der Waals surface area contributed by atoms with Crippen molar-refractivity contribution in [2.24, 2.45) is 0 Å². The molecule has 214 valence electrons. The van der Waals surface area contributed by atoms with Gasteiger partial charge in [-0.05, 0) is 53.4 Å². The van der Waals surface area contributed by atoms with Crippen LogP contribution >= 0.6 is 0 Å². The molecule has 0 unspecified atom stereocenters. The van der Waals surface area contributed by atoms with Gasteiger partial charge in [-0.2, -0.15) is 0 Å². The second kappa shape index (κ2) is 9.65. The van der Waals surface area contributed by atoms with Gasteiger partial charge in [0, 0.05) is 49.1 Å². The van der Waals surface area contributed by atoms with Gasteiger partial charge in [0.05, 0.1) is 22.2 Å². The zero-order valence-corrected chi connectivity index (χ0v) is 24.8. The molecule has 0 spiro atoms. The molecular formula is C43H26N2O. The summed E-state index contributed by atoms with van der Waals surface area (Å²) in [7, 11) is 0. The molecule has 3 aromatic heterocycles. The number of hydrogen-bond acceptors (Lipinski definition) is 2. The third kappa shape index (κ3) is 3.63. The van der Waals surface area contributed by atoms with Crippen LogP contribution < -0.4 is 0 Å². The first-order valence-corrected chi connectivity index (χ1v) is 15.6. The number of rotatable bonds is 3. The Morgan fingerprint density at radius 2 is 1.15 bits per heavy atom. The van der Waals surface area contributed by atoms with Crippen molar-refractivity contribution < 1.29 is 4.42 Å². The van der Waals surface area contributed by atoms with Crippen molar-refractivity contribution in [2.75, 3.05) is 0 Å². The zero-order chi connectivity index (χ0) is 30.2. The van der Waals surface area contributed by atoms with Crippen molar-refractivity contribution in [1.29, 1.82) is 0 Å². The number of benzene rings is 7. The van der Waals surface area contributed by atoms with Gasteiger partial charge >= 0.3 is 0 Å². The van der Waals surface area contributed by atoms with Crippen LogP contribution in [0.2, 0.25) is 0 Å². The van der Waals surface area contributed by atoms with E-state index in [0.29, 0.717) is 0 Å². The van der Waals surface area contributed by atoms with Gasteiger partial charge in [0.25, 0.3) is 0 Å². The van der Waals surface area contributed by atoms with Crippen LogP contribution in [0.25, 0.3) is 93.5 Å². The van der Waals surface area contributed by atoms with E-state index in [0.717, 1.165) is 71.8 Å². The quantitative estimate of drug-likeness (QED) is 0.193. The Hall–Kier alpha value is -6.19. The van der Waals surface area contributed by atoms with E-state index in [1.807, 2.05) is 12.1 Å². The van der Waals surface area contributed by atoms with Crippen molar-refractivity contribution in [3.63, 3.8) is 0 Å². The van der Waals surface area contributed by atoms with Crippen molar-refractivity contribution >= 4 is 65.4 Å². The van der Waals surface area contributed by atoms with E-state index in [1.54, 1.807) is 0 Å². The van der Waals surface area contributed by atoms with Crippen LogP contribution in [0.3, 0.4) is 0 Å². The molecule has 3 heteroatoms. The summed E-state index contributed by atoms with van der Waals surface area (Å²) in [4.78, 5) is 5.22. The molecule has 0 aliphatic heterocycles. The molecule has 10 rings (SSSR count). The first-order valence-electron chi connectivity index (χ1n) is 15.6. The number of aromatic nitrogens is 2. The first kappa shape index (κ1) is 25.2. The highest BCUT2D eigenvalue weighted by atomic mass is 16.3. The number of nitrogens with zero attached hydrogens (tertiary/aromatic N) is 2. The number of para-hydroxylation sites is 4. The molecule has 0 amide bonds. The van der Waals surface area contributed by atoms with Crippen LogP contribution in [-0.4, -0.2) is 9.55 Å². The Morgan fingerprint density at radius 1 is 0.435 bits per heavy atom. The lowest BCUT2D eigenvalue weighted by Crippen LogP contribution is -1.95. The number of hydrogen-bond donors (Lipinski definition) is 0. The summed E-state index contributed by atoms with van der Waals surface area (Å²) >= 11 is 0. The summed E-state index contributed by atoms with van der Waals surface area (Å²) in [6.45, 7) is 0. The molecule has 0 saturated carbocycles. The lowest BCUT2D eigenvalue weighted by Gasteiger charge is -2.13. The normalized spacial score (nSPS) is 11.9. The Balaban J connectivity index is 1.27. The molecule has 3 heterocycles. The fourth-order valence-corrected chi connectivity index (χ4v) is 7.29. The van der Waals surface area contributed by atoms with Crippen molar-refractivity contribution in [1.82, 2.24) is 9.55 Å². The van der Waals surface area contributed by atoms with Gasteiger partial charge in [0.1, 0.15) is 11.2 Å². The average Bonchev–Trinajstić information content (AvgIpc) is 3.66. The van der Waals surface area contributed by atoms with Crippen LogP contribution in [0.15, 0.2) is 162 Å². The van der Waals surface area contributed by atoms with E-state index in [4.69, 9.17) is 9.40 Å². The minimum absolute atomic E-state index is 0.908. The van der Waals surface area contributed by atoms with E-state index in [-0.39, 0.29) is 0 Å². The average molecular weight is 587 g/mol. The van der Waals surface area contributed by atoms with Gasteiger partial charge in [0.2, 0.25) is 0 Å². The Bertz CT molecular complexity index is 2800. The molecule has 0 radical (unpaired) electrons. The Labute approximate surface area is 264 Å². The third-order valence-electron chi connectivity index (χ3n) is 9.36. The largest absolute Gasteiger partial charge is 0.455 e. The van der Waals surface area contributed by atoms with Gasteiger partial charge in [-0.25, -0.2) is 4.98 Å². The lowest BCUT2D eigenvalue weighted by molar-refractivity contribution is 0.670. The van der Waals surface area contributed by atoms with Crippen LogP contribution in [-0.2, 0) is 0 Å². The highest BCUT2D eigenvalue weighted by Crippen LogP contribution is 2.41. The van der Waals surface area contributed by atoms with Gasteiger partial charge in [-0.3, -0.25) is 0 Å². The molecule has 0 atom stereocenters. The molecule has 46 heavy (non-hydrogen) atoms. The summed E-state index contributed by atoms with van der Waals surface area (Å²) in [6.07, 6.45) is 0. The summed E-state index contributed by atoms with van der Waals surface area (Å²) in [5.41, 5.74) is 10.6. The first-order chi connectivity index (χ1) is 22.8. The summed E-state index contributed by atoms with van der Waals surface area (Å²) < 4.78 is 8.83. The standard InChI is InChI=1S/C43H26N2O/c1-2-12-27(13-3-1)42-37-26-40-36(25-35(37)31-16-4-7-21-38(31)44-42)32-17-5-8-22-39(32)45(40)29-15-10-14-28(24-29)30-19-11-20-34-33-18-6-9-23-41(33)46-43(30)34/h1-26H. The number of fused-ring (bicyclic) bond motifs is 9. The van der Waals surface area contributed by atoms with Crippen molar-refractivity contribution in [2.45, 2.75) is 0 Å². The number of pyridine rings is 1. The van der Waals surface area contributed by atoms with E-state index in [2.05, 4.69) is 150 Å². The predicted octanol–water partition coefficient (Wildman–Crippen LogP) is 11.7. The van der Waals surface area contributed by atoms with Crippen LogP contribution in [0.4, 0.5) is 0 Å². The monoisotopic (exact) mass is 586 g/mol. The molecule has 10 aromatic rings. The highest BCUT2D eigenvalue weighted by molar-refractivity contribution is 6.20. The smallest absolute Gasteiger partial charge is 0.143 e. The Kier molecular flexibility index (Phi) is 5.28. The molecule has 3 nitrogen and oxygen atoms in total. The van der Waals surface area contributed by atoms with Gasteiger partial charge in [-0.1, -0.05) is 115 Å². The summed E-state index contributed by atoms with van der Waals surface area (Å²) in [5.74, 6) is 0. The summed E-state index contributed by atoms with van der Waals surface area (Å²) in [6, 6.07) is 56.0. The van der Waals surface area contributed by atoms with Gasteiger partial charge in [0.15, 0.2) is 0 Å². The van der Waals surface area contributed by atoms with Gasteiger partial charge < -0.3 is 8.98 Å². The molecular weight excluding hydrogens is 560 g/mol. The second-order valence-corrected chi connectivity index (χ2v) is 11.9. The minimum atomic E-state index is 0.908. The van der Waals surface area contributed by atoms with Crippen LogP contribution in [0.1, 0.15) is 0 Å². The van der Waals surface area contributed by atoms with E-state index >= 15 is 0 Å². The maximum atomic E-state index is 6.43. The van der Waals surface area contributed by atoms with E-state index in [9.17, 15) is 0 Å². The SMILES string of the molecule is c1ccc(-c2nc3ccccc3c3cc4c5ccccc5n(-c5cccc(-c6cccc7c6oc6ccccc67)c5)c4cc23)cc1. The van der Waals surface area contributed by atoms with Crippen LogP contribution in [0, 0.1) is 0 Å². The van der Waals surface area contributed by atoms with Crippen molar-refractivity contribution in [3.8, 4) is 28.1 Å². The lowest BCUT2D eigenvalue weighted by atomic mass is 9.98. The fraction of sp³-hybridized carbons (Fsp3) is 0. The molecule has 0 aliphatic rings. The maximum Gasteiger partial charge on any atom is 0.143 e. The predicted molar refractivity (Wildman–Crippen MR) is 192 cm³/mol. The molecule has 0 aliphatic carbocycles. The minimum Gasteiger partial charge on any atom is -0.455 e. The molecule has 7 aromatic carbocycles. The highest BCUT2D eigenvalue weighted by Gasteiger charge is 2.18. The zero-order valence-electron chi connectivity index (χ0n) is 24.8. The maximum absolute atomic E-state index is 6.43. The molecule has 0 bridgehead atoms. The third-order valence-corrected chi connectivity index (χ3v) is 9.36. The second-order valence-electron chi connectivity index (χ2n) is 11.9. The number of furan rings is 1. The molecule has 0 fully saturated rings. The Morgan fingerprint density at radius 3 is 2.07 bits per heavy atom. The van der Waals surface area contributed by atoms with E-state index < -0.39 is 0 Å². The van der Waals surface area contributed by atoms with Crippen molar-refractivity contribution in [3.05, 3.63) is 158 Å². The molecule has 0 N–H and O–H groups in total. The topological polar surface area (TPSA) is 31.0 Å².